The number of para-hydroxylation sites is 1. The van der Waals surface area contributed by atoms with E-state index in [1.165, 1.54) is 21.0 Å². The minimum Gasteiger partial charge on any atom is -0.324 e. The number of nitrogens with zero attached hydrogens (tertiary/aromatic N) is 2. The second-order valence-corrected chi connectivity index (χ2v) is 7.88. The molecule has 26 heavy (non-hydrogen) atoms. The Balaban J connectivity index is 2.24. The standard InChI is InChI=1S/C18H21N3O4S/c1-14(22)15-8-7-9-16(12-15)19-18(23)13-21(26(24,25)20(2)3)17-10-5-4-6-11-17/h4-12H,13H2,1-3H3,(H,19,23). The van der Waals surface area contributed by atoms with Gasteiger partial charge in [0.1, 0.15) is 6.54 Å². The second-order valence-electron chi connectivity index (χ2n) is 5.82. The molecule has 2 rings (SSSR count). The van der Waals surface area contributed by atoms with Crippen molar-refractivity contribution in [1.82, 2.24) is 4.31 Å². The van der Waals surface area contributed by atoms with E-state index in [1.807, 2.05) is 0 Å². The molecule has 138 valence electrons. The minimum absolute atomic E-state index is 0.123. The largest absolute Gasteiger partial charge is 0.324 e. The molecule has 0 radical (unpaired) electrons. The van der Waals surface area contributed by atoms with Gasteiger partial charge in [0, 0.05) is 25.3 Å². The van der Waals surface area contributed by atoms with Gasteiger partial charge in [-0.15, -0.1) is 0 Å². The van der Waals surface area contributed by atoms with E-state index in [1.54, 1.807) is 54.6 Å². The van der Waals surface area contributed by atoms with Crippen LogP contribution in [0.5, 0.6) is 0 Å². The zero-order valence-electron chi connectivity index (χ0n) is 14.8. The lowest BCUT2D eigenvalue weighted by Crippen LogP contribution is -2.44. The molecule has 0 spiro atoms. The maximum atomic E-state index is 12.6. The monoisotopic (exact) mass is 375 g/mol. The molecule has 0 unspecified atom stereocenters. The first-order valence-electron chi connectivity index (χ1n) is 7.88. The molecule has 0 heterocycles. The van der Waals surface area contributed by atoms with Crippen LogP contribution in [0.1, 0.15) is 17.3 Å². The number of rotatable bonds is 7. The number of ketones is 1. The van der Waals surface area contributed by atoms with Gasteiger partial charge >= 0.3 is 10.2 Å². The number of hydrogen-bond acceptors (Lipinski definition) is 4. The van der Waals surface area contributed by atoms with E-state index >= 15 is 0 Å². The first-order chi connectivity index (χ1) is 12.2. The molecule has 2 aromatic carbocycles. The van der Waals surface area contributed by atoms with Crippen LogP contribution < -0.4 is 9.62 Å². The smallest absolute Gasteiger partial charge is 0.304 e. The molecular formula is C18H21N3O4S. The zero-order chi connectivity index (χ0) is 19.3. The maximum Gasteiger partial charge on any atom is 0.304 e. The Kier molecular flexibility index (Phi) is 6.12. The van der Waals surface area contributed by atoms with E-state index in [9.17, 15) is 18.0 Å². The molecule has 0 fully saturated rings. The van der Waals surface area contributed by atoms with Crippen molar-refractivity contribution in [2.45, 2.75) is 6.92 Å². The maximum absolute atomic E-state index is 12.6. The van der Waals surface area contributed by atoms with Crippen LogP contribution in [0.25, 0.3) is 0 Å². The quantitative estimate of drug-likeness (QED) is 0.751. The Bertz CT molecular complexity index is 896. The van der Waals surface area contributed by atoms with Crippen LogP contribution in [0.2, 0.25) is 0 Å². The van der Waals surface area contributed by atoms with Crippen LogP contribution in [0.3, 0.4) is 0 Å². The third kappa shape index (κ3) is 4.68. The molecule has 0 atom stereocenters. The van der Waals surface area contributed by atoms with Crippen molar-refractivity contribution < 1.29 is 18.0 Å². The molecule has 0 bridgehead atoms. The summed E-state index contributed by atoms with van der Waals surface area (Å²) in [7, 11) is -1.04. The van der Waals surface area contributed by atoms with Crippen LogP contribution in [-0.2, 0) is 15.0 Å². The van der Waals surface area contributed by atoms with Gasteiger partial charge in [-0.2, -0.15) is 12.7 Å². The lowest BCUT2D eigenvalue weighted by Gasteiger charge is -2.26. The summed E-state index contributed by atoms with van der Waals surface area (Å²) in [5, 5.41) is 2.63. The van der Waals surface area contributed by atoms with Gasteiger partial charge in [0.05, 0.1) is 5.69 Å². The van der Waals surface area contributed by atoms with Gasteiger partial charge in [0.15, 0.2) is 5.78 Å². The predicted molar refractivity (Wildman–Crippen MR) is 101 cm³/mol. The normalized spacial score (nSPS) is 11.2. The summed E-state index contributed by atoms with van der Waals surface area (Å²) in [4.78, 5) is 23.9. The molecule has 0 saturated carbocycles. The van der Waals surface area contributed by atoms with Crippen molar-refractivity contribution in [3.8, 4) is 0 Å². The van der Waals surface area contributed by atoms with Gasteiger partial charge in [-0.25, -0.2) is 4.31 Å². The van der Waals surface area contributed by atoms with E-state index in [-0.39, 0.29) is 5.78 Å². The van der Waals surface area contributed by atoms with E-state index in [0.29, 0.717) is 16.9 Å². The number of carbonyl (C=O) groups is 2. The molecular weight excluding hydrogens is 354 g/mol. The molecule has 0 aliphatic heterocycles. The molecule has 7 nitrogen and oxygen atoms in total. The van der Waals surface area contributed by atoms with Crippen molar-refractivity contribution >= 4 is 33.3 Å². The number of anilines is 2. The lowest BCUT2D eigenvalue weighted by molar-refractivity contribution is -0.114. The third-order valence-corrected chi connectivity index (χ3v) is 5.44. The highest BCUT2D eigenvalue weighted by Gasteiger charge is 2.27. The van der Waals surface area contributed by atoms with Crippen molar-refractivity contribution in [3.63, 3.8) is 0 Å². The molecule has 1 N–H and O–H groups in total. The molecule has 0 aromatic heterocycles. The van der Waals surface area contributed by atoms with Gasteiger partial charge < -0.3 is 5.32 Å². The number of carbonyl (C=O) groups excluding carboxylic acids is 2. The van der Waals surface area contributed by atoms with Crippen LogP contribution in [-0.4, -0.2) is 45.1 Å². The van der Waals surface area contributed by atoms with Gasteiger partial charge in [-0.05, 0) is 31.2 Å². The summed E-state index contributed by atoms with van der Waals surface area (Å²) in [6, 6.07) is 14.9. The van der Waals surface area contributed by atoms with E-state index in [2.05, 4.69) is 5.32 Å². The fourth-order valence-corrected chi connectivity index (χ4v) is 3.31. The average Bonchev–Trinajstić information content (AvgIpc) is 2.60. The zero-order valence-corrected chi connectivity index (χ0v) is 15.7. The number of Topliss-reactive ketones (excluding diaryl/α,β-unsaturated/α-hetero) is 1. The topological polar surface area (TPSA) is 86.8 Å². The molecule has 1 amide bonds. The van der Waals surface area contributed by atoms with Crippen molar-refractivity contribution in [3.05, 3.63) is 60.2 Å². The first kappa shape index (κ1) is 19.6. The fraction of sp³-hybridized carbons (Fsp3) is 0.222. The Morgan fingerprint density at radius 3 is 2.23 bits per heavy atom. The highest BCUT2D eigenvalue weighted by Crippen LogP contribution is 2.19. The van der Waals surface area contributed by atoms with E-state index in [4.69, 9.17) is 0 Å². The Hall–Kier alpha value is -2.71. The third-order valence-electron chi connectivity index (χ3n) is 3.62. The summed E-state index contributed by atoms with van der Waals surface area (Å²) < 4.78 is 27.2. The van der Waals surface area contributed by atoms with Gasteiger partial charge in [0.25, 0.3) is 0 Å². The minimum atomic E-state index is -3.85. The van der Waals surface area contributed by atoms with Crippen LogP contribution in [0.15, 0.2) is 54.6 Å². The fourth-order valence-electron chi connectivity index (χ4n) is 2.24. The second kappa shape index (κ2) is 8.11. The highest BCUT2D eigenvalue weighted by molar-refractivity contribution is 7.90. The van der Waals surface area contributed by atoms with Crippen molar-refractivity contribution in [2.75, 3.05) is 30.3 Å². The van der Waals surface area contributed by atoms with Crippen LogP contribution in [0, 0.1) is 0 Å². The Morgan fingerprint density at radius 2 is 1.65 bits per heavy atom. The van der Waals surface area contributed by atoms with Crippen molar-refractivity contribution in [1.29, 1.82) is 0 Å². The predicted octanol–water partition coefficient (Wildman–Crippen LogP) is 2.14. The molecule has 0 saturated heterocycles. The Labute approximate surface area is 153 Å². The first-order valence-corrected chi connectivity index (χ1v) is 9.27. The number of benzene rings is 2. The molecule has 0 aliphatic carbocycles. The number of nitrogens with one attached hydrogen (secondary N) is 1. The number of amides is 1. The lowest BCUT2D eigenvalue weighted by atomic mass is 10.1. The van der Waals surface area contributed by atoms with Gasteiger partial charge in [0.2, 0.25) is 5.91 Å². The van der Waals surface area contributed by atoms with E-state index in [0.717, 1.165) is 8.61 Å². The Morgan fingerprint density at radius 1 is 1.00 bits per heavy atom. The SMILES string of the molecule is CC(=O)c1cccc(NC(=O)CN(c2ccccc2)S(=O)(=O)N(C)C)c1. The summed E-state index contributed by atoms with van der Waals surface area (Å²) in [6.07, 6.45) is 0. The summed E-state index contributed by atoms with van der Waals surface area (Å²) in [5.74, 6) is -0.637. The van der Waals surface area contributed by atoms with Gasteiger partial charge in [-0.1, -0.05) is 30.3 Å². The van der Waals surface area contributed by atoms with Crippen LogP contribution in [0.4, 0.5) is 11.4 Å². The van der Waals surface area contributed by atoms with E-state index < -0.39 is 22.7 Å². The molecule has 0 aliphatic rings. The van der Waals surface area contributed by atoms with Gasteiger partial charge in [-0.3, -0.25) is 9.59 Å². The average molecular weight is 375 g/mol. The number of hydrogen-bond donors (Lipinski definition) is 1. The summed E-state index contributed by atoms with van der Waals surface area (Å²) >= 11 is 0. The summed E-state index contributed by atoms with van der Waals surface area (Å²) in [5.41, 5.74) is 1.27. The van der Waals surface area contributed by atoms with Crippen LogP contribution >= 0.6 is 0 Å². The van der Waals surface area contributed by atoms with Crippen molar-refractivity contribution in [2.24, 2.45) is 0 Å². The molecule has 2 aromatic rings. The molecule has 8 heteroatoms. The summed E-state index contributed by atoms with van der Waals surface area (Å²) in [6.45, 7) is 1.04. The highest BCUT2D eigenvalue weighted by atomic mass is 32.2.